The molecule has 0 radical (unpaired) electrons. The molecule has 0 spiro atoms. The van der Waals surface area contributed by atoms with Crippen molar-refractivity contribution in [2.24, 2.45) is 10.9 Å². The summed E-state index contributed by atoms with van der Waals surface area (Å²) in [6, 6.07) is 11.9. The van der Waals surface area contributed by atoms with E-state index in [1.807, 2.05) is 0 Å². The van der Waals surface area contributed by atoms with Gasteiger partial charge in [0.1, 0.15) is 11.9 Å². The smallest absolute Gasteiger partial charge is 0.241 e. The highest BCUT2D eigenvalue weighted by Crippen LogP contribution is 2.34. The summed E-state index contributed by atoms with van der Waals surface area (Å²) in [6.45, 7) is 0.461. The summed E-state index contributed by atoms with van der Waals surface area (Å²) in [5, 5.41) is 4.18. The fraction of sp³-hybridized carbons (Fsp3) is 0.250. The van der Waals surface area contributed by atoms with Crippen LogP contribution in [0.2, 0.25) is 10.0 Å². The number of carbonyl (C=O) groups is 2. The lowest BCUT2D eigenvalue weighted by atomic mass is 10.0. The zero-order valence-electron chi connectivity index (χ0n) is 16.4. The van der Waals surface area contributed by atoms with Crippen LogP contribution in [-0.4, -0.2) is 42.6 Å². The zero-order chi connectivity index (χ0) is 22.0. The van der Waals surface area contributed by atoms with Gasteiger partial charge in [-0.25, -0.2) is 10.4 Å². The Bertz CT molecular complexity index is 1030. The van der Waals surface area contributed by atoms with Gasteiger partial charge in [-0.15, -0.1) is 0 Å². The van der Waals surface area contributed by atoms with Crippen LogP contribution in [0, 0.1) is 5.92 Å². The Labute approximate surface area is 193 Å². The minimum absolute atomic E-state index is 0.0694. The van der Waals surface area contributed by atoms with Gasteiger partial charge in [0.05, 0.1) is 29.5 Å². The number of hydrogen-bond donors (Lipinski definition) is 3. The number of nitrogens with zero attached hydrogens (tertiary/aromatic N) is 2. The molecule has 8 nitrogen and oxygen atoms in total. The van der Waals surface area contributed by atoms with Crippen LogP contribution >= 0.6 is 35.0 Å². The van der Waals surface area contributed by atoms with Gasteiger partial charge in [0.2, 0.25) is 11.8 Å². The molecule has 162 valence electrons. The first-order valence-electron chi connectivity index (χ1n) is 9.38. The summed E-state index contributed by atoms with van der Waals surface area (Å²) < 4.78 is 5.20. The monoisotopic (exact) mass is 479 g/mol. The molecule has 4 rings (SSSR count). The number of ether oxygens (including phenoxy) is 1. The molecule has 3 N–H and O–H groups in total. The Morgan fingerprint density at radius 2 is 2.06 bits per heavy atom. The van der Waals surface area contributed by atoms with Crippen molar-refractivity contribution in [1.29, 1.82) is 0 Å². The summed E-state index contributed by atoms with van der Waals surface area (Å²) in [5.41, 5.74) is 7.16. The molecule has 0 aliphatic carbocycles. The third-order valence-electron chi connectivity index (χ3n) is 4.79. The molecule has 1 fully saturated rings. The van der Waals surface area contributed by atoms with Gasteiger partial charge in [-0.2, -0.15) is 0 Å². The number of aliphatic imine (C=N–C) groups is 1. The van der Waals surface area contributed by atoms with Crippen molar-refractivity contribution in [2.75, 3.05) is 29.6 Å². The normalized spacial score (nSPS) is 20.3. The van der Waals surface area contributed by atoms with E-state index in [0.717, 1.165) is 0 Å². The lowest BCUT2D eigenvalue weighted by Gasteiger charge is -2.32. The maximum atomic E-state index is 13.2. The van der Waals surface area contributed by atoms with Crippen LogP contribution in [0.1, 0.15) is 0 Å². The first kappa shape index (κ1) is 21.9. The Morgan fingerprint density at radius 1 is 1.29 bits per heavy atom. The van der Waals surface area contributed by atoms with Crippen molar-refractivity contribution in [3.05, 3.63) is 52.5 Å². The van der Waals surface area contributed by atoms with E-state index in [0.29, 0.717) is 38.9 Å². The van der Waals surface area contributed by atoms with E-state index in [1.54, 1.807) is 42.5 Å². The Balaban J connectivity index is 1.54. The highest BCUT2D eigenvalue weighted by molar-refractivity contribution is 8.14. The lowest BCUT2D eigenvalue weighted by molar-refractivity contribution is -0.121. The van der Waals surface area contributed by atoms with E-state index in [-0.39, 0.29) is 29.7 Å². The molecule has 0 saturated carbocycles. The quantitative estimate of drug-likeness (QED) is 0.609. The fourth-order valence-corrected chi connectivity index (χ4v) is 4.48. The van der Waals surface area contributed by atoms with E-state index in [9.17, 15) is 9.59 Å². The van der Waals surface area contributed by atoms with E-state index in [2.05, 4.69) is 21.2 Å². The second-order valence-corrected chi connectivity index (χ2v) is 8.61. The molecule has 0 aromatic heterocycles. The average molecular weight is 480 g/mol. The second kappa shape index (κ2) is 9.46. The number of thioether (sulfide) groups is 1. The number of anilines is 2. The number of hydrogen-bond acceptors (Lipinski definition) is 7. The highest BCUT2D eigenvalue weighted by atomic mass is 35.5. The van der Waals surface area contributed by atoms with Gasteiger partial charge < -0.3 is 10.1 Å². The van der Waals surface area contributed by atoms with Crippen LogP contribution in [0.5, 0.6) is 5.75 Å². The maximum absolute atomic E-state index is 13.2. The molecule has 2 unspecified atom stereocenters. The van der Waals surface area contributed by atoms with Crippen molar-refractivity contribution < 1.29 is 14.3 Å². The number of amides is 2. The number of benzene rings is 2. The summed E-state index contributed by atoms with van der Waals surface area (Å²) in [5.74, 6) is -0.132. The van der Waals surface area contributed by atoms with Crippen molar-refractivity contribution in [3.63, 3.8) is 0 Å². The van der Waals surface area contributed by atoms with E-state index in [1.165, 1.54) is 23.8 Å². The van der Waals surface area contributed by atoms with Crippen LogP contribution < -0.4 is 25.8 Å². The van der Waals surface area contributed by atoms with Crippen LogP contribution in [-0.2, 0) is 9.59 Å². The van der Waals surface area contributed by atoms with Gasteiger partial charge in [-0.3, -0.25) is 19.9 Å². The number of rotatable bonds is 5. The molecular formula is C20H19Cl2N5O3S. The maximum Gasteiger partial charge on any atom is 0.241 e. The van der Waals surface area contributed by atoms with Gasteiger partial charge in [0.15, 0.2) is 5.17 Å². The van der Waals surface area contributed by atoms with Gasteiger partial charge in [-0.1, -0.05) is 35.0 Å². The summed E-state index contributed by atoms with van der Waals surface area (Å²) in [6.07, 6.45) is -0.390. The molecular weight excluding hydrogens is 461 g/mol. The fourth-order valence-electron chi connectivity index (χ4n) is 3.26. The number of amidine groups is 1. The number of nitrogens with one attached hydrogen (secondary N) is 3. The number of fused-ring (bicyclic) bond motifs is 1. The van der Waals surface area contributed by atoms with Crippen LogP contribution in [0.25, 0.3) is 0 Å². The number of hydrazine groups is 1. The predicted molar refractivity (Wildman–Crippen MR) is 124 cm³/mol. The molecule has 2 atom stereocenters. The molecule has 31 heavy (non-hydrogen) atoms. The Hall–Kier alpha value is -2.30. The van der Waals surface area contributed by atoms with Crippen LogP contribution in [0.15, 0.2) is 47.5 Å². The molecule has 0 bridgehead atoms. The third-order valence-corrected chi connectivity index (χ3v) is 6.29. The van der Waals surface area contributed by atoms with Gasteiger partial charge >= 0.3 is 0 Å². The first-order valence-corrected chi connectivity index (χ1v) is 11.1. The minimum atomic E-state index is -0.390. The van der Waals surface area contributed by atoms with Gasteiger partial charge in [0, 0.05) is 17.3 Å². The summed E-state index contributed by atoms with van der Waals surface area (Å²) in [7, 11) is 1.52. The zero-order valence-corrected chi connectivity index (χ0v) is 18.7. The first-order chi connectivity index (χ1) is 15.0. The minimum Gasteiger partial charge on any atom is -0.495 e. The highest BCUT2D eigenvalue weighted by Gasteiger charge is 2.42. The standard InChI is InChI=1S/C20H19Cl2N5O3S/c1-30-16-7-6-13(8-15(16)22)27-19(29)14-9-23-26-18(14)25-20(27)31-10-17(28)24-12-4-2-11(21)3-5-12/h2-8,14,18,23,26H,9-10H2,1H3,(H,24,28). The van der Waals surface area contributed by atoms with Crippen LogP contribution in [0.4, 0.5) is 11.4 Å². The van der Waals surface area contributed by atoms with E-state index < -0.39 is 0 Å². The third kappa shape index (κ3) is 4.81. The number of halogens is 2. The van der Waals surface area contributed by atoms with Crippen LogP contribution in [0.3, 0.4) is 0 Å². The van der Waals surface area contributed by atoms with Gasteiger partial charge in [0.25, 0.3) is 0 Å². The Kier molecular flexibility index (Phi) is 6.68. The lowest BCUT2D eigenvalue weighted by Crippen LogP contribution is -2.49. The Morgan fingerprint density at radius 3 is 2.77 bits per heavy atom. The number of carbonyl (C=O) groups excluding carboxylic acids is 2. The van der Waals surface area contributed by atoms with E-state index >= 15 is 0 Å². The molecule has 2 heterocycles. The molecule has 1 saturated heterocycles. The number of methoxy groups -OCH3 is 1. The second-order valence-electron chi connectivity index (χ2n) is 6.82. The predicted octanol–water partition coefficient (Wildman–Crippen LogP) is 3.13. The summed E-state index contributed by atoms with van der Waals surface area (Å²) >= 11 is 13.3. The van der Waals surface area contributed by atoms with E-state index in [4.69, 9.17) is 27.9 Å². The van der Waals surface area contributed by atoms with Crippen molar-refractivity contribution in [3.8, 4) is 5.75 Å². The van der Waals surface area contributed by atoms with Gasteiger partial charge in [-0.05, 0) is 42.5 Å². The largest absolute Gasteiger partial charge is 0.495 e. The van der Waals surface area contributed by atoms with Crippen molar-refractivity contribution in [2.45, 2.75) is 6.17 Å². The summed E-state index contributed by atoms with van der Waals surface area (Å²) in [4.78, 5) is 31.8. The average Bonchev–Trinajstić information content (AvgIpc) is 3.23. The van der Waals surface area contributed by atoms with Crippen molar-refractivity contribution >= 4 is 63.3 Å². The molecule has 2 aliphatic rings. The van der Waals surface area contributed by atoms with Crippen molar-refractivity contribution in [1.82, 2.24) is 10.9 Å². The molecule has 11 heteroatoms. The SMILES string of the molecule is COc1ccc(N2C(=O)C3CNNC3N=C2SCC(=O)Nc2ccc(Cl)cc2)cc1Cl. The molecule has 2 aliphatic heterocycles. The molecule has 2 aromatic rings. The topological polar surface area (TPSA) is 95.1 Å². The molecule has 2 amide bonds. The molecule has 2 aromatic carbocycles.